The minimum atomic E-state index is 0. The van der Waals surface area contributed by atoms with Crippen LogP contribution in [0.4, 0.5) is 0 Å². The number of rotatable bonds is 0. The van der Waals surface area contributed by atoms with Crippen molar-refractivity contribution in [2.75, 3.05) is 0 Å². The molecule has 0 amide bonds. The summed E-state index contributed by atoms with van der Waals surface area (Å²) in [6.07, 6.45) is 0. The fourth-order valence-electron chi connectivity index (χ4n) is 0. The molecule has 0 rings (SSSR count). The summed E-state index contributed by atoms with van der Waals surface area (Å²) in [4.78, 5) is 0. The molecule has 0 fully saturated rings. The Morgan fingerprint density at radius 1 is 1.17 bits per heavy atom. The quantitative estimate of drug-likeness (QED) is 0.407. The van der Waals surface area contributed by atoms with Gasteiger partial charge in [0.05, 0.1) is 0 Å². The van der Waals surface area contributed by atoms with Crippen LogP contribution in [0.25, 0.3) is 0 Å². The molecule has 5 radical (unpaired) electrons. The Kier molecular flexibility index (Phi) is 408. The van der Waals surface area contributed by atoms with Gasteiger partial charge >= 0.3 is 29.6 Å². The summed E-state index contributed by atoms with van der Waals surface area (Å²) in [7, 11) is 0. The summed E-state index contributed by atoms with van der Waals surface area (Å²) in [5.41, 5.74) is 0. The SMILES string of the molecule is [B].[Cu].[Fe].[H-].[Mn].[Na+].[Zn]. The van der Waals surface area contributed by atoms with Crippen LogP contribution in [0.15, 0.2) is 0 Å². The monoisotopic (exact) mass is 273 g/mol. The van der Waals surface area contributed by atoms with Gasteiger partial charge in [-0.05, 0) is 0 Å². The first-order valence-electron chi connectivity index (χ1n) is 0. The van der Waals surface area contributed by atoms with Crippen LogP contribution < -0.4 is 29.6 Å². The third kappa shape index (κ3) is 26.8. The van der Waals surface area contributed by atoms with E-state index in [4.69, 9.17) is 0 Å². The van der Waals surface area contributed by atoms with Crippen LogP contribution >= 0.6 is 0 Å². The van der Waals surface area contributed by atoms with Gasteiger partial charge in [-0.15, -0.1) is 0 Å². The van der Waals surface area contributed by atoms with Gasteiger partial charge in [0, 0.05) is 79.1 Å². The number of hydrogen-bond acceptors (Lipinski definition) is 0. The molecule has 0 spiro atoms. The van der Waals surface area contributed by atoms with Gasteiger partial charge in [0.1, 0.15) is 0 Å². The molecule has 0 aliphatic carbocycles. The fourth-order valence-corrected chi connectivity index (χ4v) is 0. The molecule has 0 unspecified atom stereocenters. The van der Waals surface area contributed by atoms with E-state index in [9.17, 15) is 0 Å². The standard InChI is InChI=1S/B.Cu.Fe.Mn.Na.Zn.H/q;;;;+1;;-1. The Morgan fingerprint density at radius 2 is 1.17 bits per heavy atom. The molecule has 6 heavy (non-hydrogen) atoms. The van der Waals surface area contributed by atoms with Crippen molar-refractivity contribution in [3.05, 3.63) is 0 Å². The van der Waals surface area contributed by atoms with Gasteiger partial charge in [0.2, 0.25) is 0 Å². The normalized spacial score (nSPS) is 0. The van der Waals surface area contributed by atoms with Crippen LogP contribution in [-0.2, 0) is 70.7 Å². The van der Waals surface area contributed by atoms with E-state index in [0.29, 0.717) is 0 Å². The van der Waals surface area contributed by atoms with Crippen molar-refractivity contribution in [2.24, 2.45) is 0 Å². The summed E-state index contributed by atoms with van der Waals surface area (Å²) in [5.74, 6) is 0. The zero-order valence-corrected chi connectivity index (χ0v) is 11.5. The second kappa shape index (κ2) is 41.1. The van der Waals surface area contributed by atoms with Crippen molar-refractivity contribution in [2.45, 2.75) is 0 Å². The molecule has 33 valence electrons. The maximum atomic E-state index is 0. The van der Waals surface area contributed by atoms with E-state index in [0.717, 1.165) is 0 Å². The molecule has 0 aromatic heterocycles. The molecule has 0 saturated heterocycles. The molecule has 0 heterocycles. The molecule has 0 aliphatic rings. The molecule has 0 aliphatic heterocycles. The van der Waals surface area contributed by atoms with Crippen molar-refractivity contribution in [1.82, 2.24) is 0 Å². The average molecular weight is 275 g/mol. The van der Waals surface area contributed by atoms with Crippen LogP contribution in [0.1, 0.15) is 1.43 Å². The molecular formula is HBCuFeMnNaZn. The van der Waals surface area contributed by atoms with E-state index < -0.39 is 0 Å². The first-order chi connectivity index (χ1) is 0. The zero-order chi connectivity index (χ0) is 0. The maximum absolute atomic E-state index is 0. The van der Waals surface area contributed by atoms with E-state index in [-0.39, 0.29) is 110 Å². The van der Waals surface area contributed by atoms with Gasteiger partial charge in [-0.2, -0.15) is 0 Å². The molecule has 0 aromatic rings. The molecule has 0 atom stereocenters. The van der Waals surface area contributed by atoms with Crippen LogP contribution in [0.5, 0.6) is 0 Å². The van der Waals surface area contributed by atoms with Crippen LogP contribution in [-0.4, -0.2) is 8.41 Å². The van der Waals surface area contributed by atoms with Crippen molar-refractivity contribution < 1.29 is 102 Å². The first-order valence-corrected chi connectivity index (χ1v) is 0. The molecule has 0 bridgehead atoms. The summed E-state index contributed by atoms with van der Waals surface area (Å²) in [6.45, 7) is 0. The summed E-state index contributed by atoms with van der Waals surface area (Å²) in [5, 5.41) is 0. The van der Waals surface area contributed by atoms with Crippen molar-refractivity contribution in [1.29, 1.82) is 0 Å². The Balaban J connectivity index is 0. The summed E-state index contributed by atoms with van der Waals surface area (Å²) < 4.78 is 0. The van der Waals surface area contributed by atoms with Gasteiger partial charge in [0.25, 0.3) is 0 Å². The molecule has 0 aromatic carbocycles. The molecule has 6 heteroatoms. The third-order valence-corrected chi connectivity index (χ3v) is 0. The van der Waals surface area contributed by atoms with E-state index in [1.165, 1.54) is 0 Å². The molecule has 0 nitrogen and oxygen atoms in total. The van der Waals surface area contributed by atoms with E-state index in [1.807, 2.05) is 0 Å². The van der Waals surface area contributed by atoms with E-state index in [2.05, 4.69) is 0 Å². The molecule has 0 N–H and O–H groups in total. The Labute approximate surface area is 108 Å². The molecular weight excluding hydrogens is 274 g/mol. The van der Waals surface area contributed by atoms with Gasteiger partial charge in [-0.25, -0.2) is 0 Å². The summed E-state index contributed by atoms with van der Waals surface area (Å²) >= 11 is 0. The largest absolute Gasteiger partial charge is 1.00 e. The third-order valence-electron chi connectivity index (χ3n) is 0. The Hall–Kier alpha value is 3.25. The van der Waals surface area contributed by atoms with Gasteiger partial charge in [-0.1, -0.05) is 0 Å². The minimum absolute atomic E-state index is 0. The Morgan fingerprint density at radius 3 is 1.17 bits per heavy atom. The van der Waals surface area contributed by atoms with E-state index >= 15 is 0 Å². The Bertz CT molecular complexity index is 19.7. The smallest absolute Gasteiger partial charge is 1.00 e. The van der Waals surface area contributed by atoms with Gasteiger partial charge in [0.15, 0.2) is 0 Å². The topological polar surface area (TPSA) is 0 Å². The first kappa shape index (κ1) is 59.7. The van der Waals surface area contributed by atoms with Gasteiger partial charge < -0.3 is 1.43 Å². The predicted octanol–water partition coefficient (Wildman–Crippen LogP) is -3.27. The average Bonchev–Trinajstić information content (AvgIpc) is 0. The minimum Gasteiger partial charge on any atom is -1.00 e. The van der Waals surface area contributed by atoms with Crippen molar-refractivity contribution >= 4 is 8.41 Å². The maximum Gasteiger partial charge on any atom is 1.00 e. The summed E-state index contributed by atoms with van der Waals surface area (Å²) in [6, 6.07) is 0. The van der Waals surface area contributed by atoms with Crippen LogP contribution in [0, 0.1) is 0 Å². The second-order valence-corrected chi connectivity index (χ2v) is 0. The zero-order valence-electron chi connectivity index (χ0n) is 4.32. The van der Waals surface area contributed by atoms with E-state index in [1.54, 1.807) is 0 Å². The van der Waals surface area contributed by atoms with Crippen molar-refractivity contribution in [3.63, 3.8) is 0 Å². The fraction of sp³-hybridized carbons (Fsp3) is 0. The van der Waals surface area contributed by atoms with Gasteiger partial charge in [-0.3, -0.25) is 0 Å². The van der Waals surface area contributed by atoms with Crippen LogP contribution in [0.2, 0.25) is 0 Å². The molecule has 0 saturated carbocycles. The van der Waals surface area contributed by atoms with Crippen LogP contribution in [0.3, 0.4) is 0 Å². The number of hydrogen-bond donors (Lipinski definition) is 0. The second-order valence-electron chi connectivity index (χ2n) is 0. The van der Waals surface area contributed by atoms with Crippen molar-refractivity contribution in [3.8, 4) is 0 Å². The predicted molar refractivity (Wildman–Crippen MR) is 6.87 cm³/mol.